The molecule has 1 saturated carbocycles. The third-order valence-electron chi connectivity index (χ3n) is 4.24. The number of rotatable bonds is 2. The minimum absolute atomic E-state index is 0.112. The Bertz CT molecular complexity index is 506. The molecule has 1 amide bonds. The van der Waals surface area contributed by atoms with Crippen molar-refractivity contribution in [2.24, 2.45) is 11.8 Å². The maximum Gasteiger partial charge on any atom is 0.241 e. The number of nitrogens with one attached hydrogen (secondary N) is 2. The Hall–Kier alpha value is -1.62. The fourth-order valence-electron chi connectivity index (χ4n) is 3.28. The maximum atomic E-state index is 13.2. The monoisotopic (exact) mass is 264 g/mol. The fourth-order valence-corrected chi connectivity index (χ4v) is 3.28. The van der Waals surface area contributed by atoms with Gasteiger partial charge in [0, 0.05) is 11.8 Å². The Kier molecular flexibility index (Phi) is 3.14. The Morgan fingerprint density at radius 1 is 1.42 bits per heavy atom. The van der Waals surface area contributed by atoms with E-state index in [1.54, 1.807) is 0 Å². The Balaban J connectivity index is 1.69. The average molecular weight is 264 g/mol. The van der Waals surface area contributed by atoms with Gasteiger partial charge in [0.05, 0.1) is 6.04 Å². The van der Waals surface area contributed by atoms with Crippen LogP contribution in [0.15, 0.2) is 18.2 Å². The van der Waals surface area contributed by atoms with Crippen LogP contribution in [0.3, 0.4) is 0 Å². The Morgan fingerprint density at radius 2 is 2.26 bits per heavy atom. The van der Waals surface area contributed by atoms with Gasteiger partial charge in [0.2, 0.25) is 5.91 Å². The van der Waals surface area contributed by atoms with E-state index in [0.717, 1.165) is 19.0 Å². The SMILES string of the molecule is O=C(Nc1ccc(O)c(F)c1)C1NCC2CCCC21. The Morgan fingerprint density at radius 3 is 3.05 bits per heavy atom. The van der Waals surface area contributed by atoms with E-state index in [1.807, 2.05) is 0 Å². The first-order chi connectivity index (χ1) is 9.15. The second kappa shape index (κ2) is 4.81. The van der Waals surface area contributed by atoms with Crippen LogP contribution in [0.5, 0.6) is 5.75 Å². The number of carbonyl (C=O) groups is 1. The fraction of sp³-hybridized carbons (Fsp3) is 0.500. The summed E-state index contributed by atoms with van der Waals surface area (Å²) >= 11 is 0. The summed E-state index contributed by atoms with van der Waals surface area (Å²) in [6, 6.07) is 3.70. The second-order valence-corrected chi connectivity index (χ2v) is 5.40. The van der Waals surface area contributed by atoms with Crippen LogP contribution in [0.4, 0.5) is 10.1 Å². The van der Waals surface area contributed by atoms with Crippen LogP contribution in [0.25, 0.3) is 0 Å². The minimum atomic E-state index is -0.726. The van der Waals surface area contributed by atoms with Crippen LogP contribution >= 0.6 is 0 Å². The predicted octanol–water partition coefficient (Wildman–Crippen LogP) is 1.86. The zero-order valence-electron chi connectivity index (χ0n) is 10.5. The molecule has 4 nitrogen and oxygen atoms in total. The number of anilines is 1. The summed E-state index contributed by atoms with van der Waals surface area (Å²) in [7, 11) is 0. The number of aromatic hydroxyl groups is 1. The molecule has 0 bridgehead atoms. The largest absolute Gasteiger partial charge is 0.505 e. The van der Waals surface area contributed by atoms with Crippen molar-refractivity contribution in [2.75, 3.05) is 11.9 Å². The van der Waals surface area contributed by atoms with Gasteiger partial charge in [-0.2, -0.15) is 0 Å². The number of amides is 1. The standard InChI is InChI=1S/C14H17FN2O2/c15-11-6-9(4-5-12(11)18)17-14(19)13-10-3-1-2-8(10)7-16-13/h4-6,8,10,13,16,18H,1-3,7H2,(H,17,19). The number of benzene rings is 1. The molecule has 3 rings (SSSR count). The molecular weight excluding hydrogens is 247 g/mol. The van der Waals surface area contributed by atoms with Gasteiger partial charge in [-0.1, -0.05) is 6.42 Å². The molecule has 1 aliphatic carbocycles. The van der Waals surface area contributed by atoms with Gasteiger partial charge in [0.1, 0.15) is 0 Å². The number of hydrogen-bond acceptors (Lipinski definition) is 3. The number of hydrogen-bond donors (Lipinski definition) is 3. The van der Waals surface area contributed by atoms with Gasteiger partial charge in [0.15, 0.2) is 11.6 Å². The molecule has 3 unspecified atom stereocenters. The first-order valence-corrected chi connectivity index (χ1v) is 6.68. The highest BCUT2D eigenvalue weighted by molar-refractivity contribution is 5.95. The summed E-state index contributed by atoms with van der Waals surface area (Å²) in [5.74, 6) is -0.238. The predicted molar refractivity (Wildman–Crippen MR) is 69.3 cm³/mol. The van der Waals surface area contributed by atoms with Gasteiger partial charge in [0.25, 0.3) is 0 Å². The topological polar surface area (TPSA) is 61.4 Å². The van der Waals surface area contributed by atoms with E-state index in [0.29, 0.717) is 17.5 Å². The number of phenols is 1. The lowest BCUT2D eigenvalue weighted by molar-refractivity contribution is -0.118. The summed E-state index contributed by atoms with van der Waals surface area (Å²) in [6.45, 7) is 0.896. The van der Waals surface area contributed by atoms with E-state index in [9.17, 15) is 9.18 Å². The van der Waals surface area contributed by atoms with E-state index < -0.39 is 11.6 Å². The van der Waals surface area contributed by atoms with Gasteiger partial charge < -0.3 is 15.7 Å². The molecular formula is C14H17FN2O2. The number of fused-ring (bicyclic) bond motifs is 1. The van der Waals surface area contributed by atoms with Crippen LogP contribution in [0.1, 0.15) is 19.3 Å². The summed E-state index contributed by atoms with van der Waals surface area (Å²) in [6.07, 6.45) is 3.46. The van der Waals surface area contributed by atoms with Crippen LogP contribution < -0.4 is 10.6 Å². The quantitative estimate of drug-likeness (QED) is 0.714. The highest BCUT2D eigenvalue weighted by Crippen LogP contribution is 2.38. The van der Waals surface area contributed by atoms with Crippen LogP contribution in [-0.2, 0) is 4.79 Å². The molecule has 1 saturated heterocycles. The Labute approximate surface area is 111 Å². The van der Waals surface area contributed by atoms with E-state index in [4.69, 9.17) is 5.11 Å². The van der Waals surface area contributed by atoms with E-state index in [2.05, 4.69) is 10.6 Å². The van der Waals surface area contributed by atoms with Crippen LogP contribution in [-0.4, -0.2) is 23.6 Å². The summed E-state index contributed by atoms with van der Waals surface area (Å²) < 4.78 is 13.2. The van der Waals surface area contributed by atoms with Gasteiger partial charge >= 0.3 is 0 Å². The average Bonchev–Trinajstić information content (AvgIpc) is 2.95. The van der Waals surface area contributed by atoms with Crippen molar-refractivity contribution in [2.45, 2.75) is 25.3 Å². The summed E-state index contributed by atoms with van der Waals surface area (Å²) in [5, 5.41) is 15.1. The molecule has 19 heavy (non-hydrogen) atoms. The minimum Gasteiger partial charge on any atom is -0.505 e. The molecule has 3 atom stereocenters. The molecule has 3 N–H and O–H groups in total. The van der Waals surface area contributed by atoms with Crippen molar-refractivity contribution in [1.82, 2.24) is 5.32 Å². The lowest BCUT2D eigenvalue weighted by atomic mass is 9.93. The van der Waals surface area contributed by atoms with Gasteiger partial charge in [-0.3, -0.25) is 4.79 Å². The normalized spacial score (nSPS) is 29.2. The van der Waals surface area contributed by atoms with E-state index in [-0.39, 0.29) is 11.9 Å². The maximum absolute atomic E-state index is 13.2. The lowest BCUT2D eigenvalue weighted by Gasteiger charge is -2.17. The highest BCUT2D eigenvalue weighted by Gasteiger charge is 2.42. The second-order valence-electron chi connectivity index (χ2n) is 5.40. The van der Waals surface area contributed by atoms with E-state index in [1.165, 1.54) is 25.0 Å². The molecule has 0 radical (unpaired) electrons. The molecule has 1 aromatic rings. The zero-order chi connectivity index (χ0) is 13.4. The van der Waals surface area contributed by atoms with Gasteiger partial charge in [-0.25, -0.2) is 4.39 Å². The highest BCUT2D eigenvalue weighted by atomic mass is 19.1. The summed E-state index contributed by atoms with van der Waals surface area (Å²) in [4.78, 5) is 12.2. The number of halogens is 1. The lowest BCUT2D eigenvalue weighted by Crippen LogP contribution is -2.39. The van der Waals surface area contributed by atoms with Crippen LogP contribution in [0.2, 0.25) is 0 Å². The van der Waals surface area contributed by atoms with Gasteiger partial charge in [-0.15, -0.1) is 0 Å². The molecule has 2 aliphatic rings. The third kappa shape index (κ3) is 2.30. The first kappa shape index (κ1) is 12.4. The molecule has 1 aromatic carbocycles. The molecule has 0 aromatic heterocycles. The van der Waals surface area contributed by atoms with Crippen molar-refractivity contribution in [1.29, 1.82) is 0 Å². The van der Waals surface area contributed by atoms with Crippen molar-refractivity contribution >= 4 is 11.6 Å². The third-order valence-corrected chi connectivity index (χ3v) is 4.24. The molecule has 5 heteroatoms. The van der Waals surface area contributed by atoms with Crippen LogP contribution in [0, 0.1) is 17.7 Å². The smallest absolute Gasteiger partial charge is 0.241 e. The molecule has 0 spiro atoms. The molecule has 1 heterocycles. The van der Waals surface area contributed by atoms with Crippen molar-refractivity contribution in [3.8, 4) is 5.75 Å². The zero-order valence-corrected chi connectivity index (χ0v) is 10.5. The first-order valence-electron chi connectivity index (χ1n) is 6.68. The molecule has 102 valence electrons. The molecule has 1 aliphatic heterocycles. The number of carbonyl (C=O) groups excluding carboxylic acids is 1. The van der Waals surface area contributed by atoms with Crippen molar-refractivity contribution < 1.29 is 14.3 Å². The van der Waals surface area contributed by atoms with Crippen molar-refractivity contribution in [3.63, 3.8) is 0 Å². The molecule has 2 fully saturated rings. The van der Waals surface area contributed by atoms with Gasteiger partial charge in [-0.05, 0) is 43.4 Å². The number of phenolic OH excluding ortho intramolecular Hbond substituents is 1. The van der Waals surface area contributed by atoms with Crippen molar-refractivity contribution in [3.05, 3.63) is 24.0 Å². The van der Waals surface area contributed by atoms with E-state index >= 15 is 0 Å². The summed E-state index contributed by atoms with van der Waals surface area (Å²) in [5.41, 5.74) is 0.378.